The zero-order valence-corrected chi connectivity index (χ0v) is 18.0. The van der Waals surface area contributed by atoms with Crippen LogP contribution in [0.1, 0.15) is 42.6 Å². The molecule has 0 bridgehead atoms. The Balaban J connectivity index is 1.46. The summed E-state index contributed by atoms with van der Waals surface area (Å²) in [6.45, 7) is 6.05. The number of carbonyl (C=O) groups excluding carboxylic acids is 1. The van der Waals surface area contributed by atoms with E-state index in [1.54, 1.807) is 19.3 Å². The molecule has 1 unspecified atom stereocenters. The van der Waals surface area contributed by atoms with Gasteiger partial charge in [0.1, 0.15) is 0 Å². The molecule has 164 valence electrons. The molecule has 1 saturated heterocycles. The molecule has 2 aromatic heterocycles. The second kappa shape index (κ2) is 9.08. The summed E-state index contributed by atoms with van der Waals surface area (Å²) in [6, 6.07) is 11.7. The van der Waals surface area contributed by atoms with Crippen molar-refractivity contribution in [2.45, 2.75) is 39.6 Å². The molecule has 1 aromatic carbocycles. The van der Waals surface area contributed by atoms with Crippen LogP contribution in [0.5, 0.6) is 0 Å². The number of carbonyl (C=O) groups is 1. The van der Waals surface area contributed by atoms with Gasteiger partial charge in [-0.3, -0.25) is 0 Å². The molecule has 0 aliphatic carbocycles. The van der Waals surface area contributed by atoms with Crippen LogP contribution in [0.25, 0.3) is 5.65 Å². The topological polar surface area (TPSA) is 76.3 Å². The third kappa shape index (κ3) is 4.57. The smallest absolute Gasteiger partial charge is 0.339 e. The van der Waals surface area contributed by atoms with Crippen LogP contribution in [-0.2, 0) is 16.1 Å². The van der Waals surface area contributed by atoms with Crippen molar-refractivity contribution in [1.29, 1.82) is 0 Å². The van der Waals surface area contributed by atoms with Gasteiger partial charge in [0.2, 0.25) is 0 Å². The Morgan fingerprint density at radius 2 is 2.00 bits per heavy atom. The Morgan fingerprint density at radius 1 is 1.26 bits per heavy atom. The first-order valence-electron chi connectivity index (χ1n) is 10.7. The molecule has 1 N–H and O–H groups in total. The maximum atomic E-state index is 12.3. The van der Waals surface area contributed by atoms with Crippen LogP contribution in [0, 0.1) is 5.41 Å². The van der Waals surface area contributed by atoms with Crippen molar-refractivity contribution in [3.63, 3.8) is 0 Å². The van der Waals surface area contributed by atoms with Crippen molar-refractivity contribution >= 4 is 17.3 Å². The molecule has 1 aliphatic rings. The summed E-state index contributed by atoms with van der Waals surface area (Å²) < 4.78 is 12.8. The number of imidazole rings is 1. The first-order valence-corrected chi connectivity index (χ1v) is 10.7. The van der Waals surface area contributed by atoms with E-state index < -0.39 is 6.29 Å². The van der Waals surface area contributed by atoms with E-state index in [0.29, 0.717) is 18.8 Å². The summed E-state index contributed by atoms with van der Waals surface area (Å²) >= 11 is 0. The Hall–Kier alpha value is -2.90. The van der Waals surface area contributed by atoms with Crippen LogP contribution in [-0.4, -0.2) is 46.4 Å². The molecule has 3 heterocycles. The molecular formula is C24H29N3O4. The number of aromatic nitrogens is 2. The number of anilines is 1. The second-order valence-electron chi connectivity index (χ2n) is 8.28. The molecular weight excluding hydrogens is 394 g/mol. The normalized spacial score (nSPS) is 16.9. The van der Waals surface area contributed by atoms with Gasteiger partial charge in [0.05, 0.1) is 24.5 Å². The van der Waals surface area contributed by atoms with E-state index in [0.717, 1.165) is 42.8 Å². The van der Waals surface area contributed by atoms with E-state index in [4.69, 9.17) is 9.47 Å². The number of ether oxygens (including phenoxy) is 2. The summed E-state index contributed by atoms with van der Waals surface area (Å²) in [5.41, 5.74) is 2.91. The average molecular weight is 424 g/mol. The van der Waals surface area contributed by atoms with Crippen molar-refractivity contribution in [2.75, 3.05) is 24.6 Å². The standard InChI is InChI=1S/C24H29N3O4/c1-3-30-22(28)19-15-20(21-25-11-14-27(21)16-19)26-12-9-24(2,10-13-26)23(29)31-17-18-7-5-4-6-8-18/h4-8,11,14-16,23,29H,3,9-10,12-13,17H2,1-2H3. The molecule has 0 spiro atoms. The van der Waals surface area contributed by atoms with Gasteiger partial charge in [0, 0.05) is 37.1 Å². The van der Waals surface area contributed by atoms with E-state index in [1.807, 2.05) is 47.0 Å². The van der Waals surface area contributed by atoms with Gasteiger partial charge in [-0.1, -0.05) is 37.3 Å². The number of piperidine rings is 1. The predicted octanol–water partition coefficient (Wildman–Crippen LogP) is 3.65. The number of benzene rings is 1. The lowest BCUT2D eigenvalue weighted by Gasteiger charge is -2.42. The van der Waals surface area contributed by atoms with Gasteiger partial charge in [-0.05, 0) is 31.4 Å². The predicted molar refractivity (Wildman–Crippen MR) is 118 cm³/mol. The molecule has 1 aliphatic heterocycles. The lowest BCUT2D eigenvalue weighted by Crippen LogP contribution is -2.45. The summed E-state index contributed by atoms with van der Waals surface area (Å²) in [5, 5.41) is 10.7. The third-order valence-corrected chi connectivity index (χ3v) is 6.07. The van der Waals surface area contributed by atoms with Gasteiger partial charge >= 0.3 is 5.97 Å². The third-order valence-electron chi connectivity index (χ3n) is 6.07. The molecule has 7 heteroatoms. The zero-order chi connectivity index (χ0) is 21.8. The highest BCUT2D eigenvalue weighted by molar-refractivity contribution is 5.92. The Morgan fingerprint density at radius 3 is 2.71 bits per heavy atom. The summed E-state index contributed by atoms with van der Waals surface area (Å²) in [7, 11) is 0. The number of aliphatic hydroxyl groups is 1. The molecule has 31 heavy (non-hydrogen) atoms. The van der Waals surface area contributed by atoms with Crippen LogP contribution in [0.2, 0.25) is 0 Å². The number of hydrogen-bond donors (Lipinski definition) is 1. The molecule has 0 radical (unpaired) electrons. The fourth-order valence-corrected chi connectivity index (χ4v) is 4.03. The van der Waals surface area contributed by atoms with Crippen molar-refractivity contribution in [2.24, 2.45) is 5.41 Å². The number of esters is 1. The molecule has 7 nitrogen and oxygen atoms in total. The average Bonchev–Trinajstić information content (AvgIpc) is 3.27. The Bertz CT molecular complexity index is 1030. The number of pyridine rings is 1. The van der Waals surface area contributed by atoms with E-state index >= 15 is 0 Å². The molecule has 1 fully saturated rings. The zero-order valence-electron chi connectivity index (χ0n) is 18.0. The lowest BCUT2D eigenvalue weighted by molar-refractivity contribution is -0.183. The van der Waals surface area contributed by atoms with Gasteiger partial charge in [-0.2, -0.15) is 0 Å². The highest BCUT2D eigenvalue weighted by Gasteiger charge is 2.38. The Kier molecular flexibility index (Phi) is 6.25. The summed E-state index contributed by atoms with van der Waals surface area (Å²) in [6.07, 6.45) is 5.99. The van der Waals surface area contributed by atoms with Crippen molar-refractivity contribution in [3.05, 3.63) is 66.1 Å². The maximum Gasteiger partial charge on any atom is 0.339 e. The minimum absolute atomic E-state index is 0.332. The van der Waals surface area contributed by atoms with Gasteiger partial charge in [0.15, 0.2) is 11.9 Å². The molecule has 0 amide bonds. The quantitative estimate of drug-likeness (QED) is 0.462. The van der Waals surface area contributed by atoms with Crippen LogP contribution in [0.4, 0.5) is 5.69 Å². The van der Waals surface area contributed by atoms with Crippen LogP contribution < -0.4 is 4.90 Å². The fraction of sp³-hybridized carbons (Fsp3) is 0.417. The number of fused-ring (bicyclic) bond motifs is 1. The molecule has 4 rings (SSSR count). The summed E-state index contributed by atoms with van der Waals surface area (Å²) in [4.78, 5) is 19.0. The van der Waals surface area contributed by atoms with Crippen LogP contribution in [0.3, 0.4) is 0 Å². The minimum Gasteiger partial charge on any atom is -0.462 e. The summed E-state index contributed by atoms with van der Waals surface area (Å²) in [5.74, 6) is -0.342. The number of hydrogen-bond acceptors (Lipinski definition) is 6. The largest absolute Gasteiger partial charge is 0.462 e. The SMILES string of the molecule is CCOC(=O)c1cc(N2CCC(C)(C(O)OCc3ccccc3)CC2)c2nccn2c1. The van der Waals surface area contributed by atoms with Gasteiger partial charge < -0.3 is 23.9 Å². The molecule has 1 atom stereocenters. The van der Waals surface area contributed by atoms with E-state index in [2.05, 4.69) is 16.8 Å². The van der Waals surface area contributed by atoms with E-state index in [9.17, 15) is 9.90 Å². The van der Waals surface area contributed by atoms with Crippen LogP contribution >= 0.6 is 0 Å². The van der Waals surface area contributed by atoms with Crippen molar-refractivity contribution < 1.29 is 19.4 Å². The van der Waals surface area contributed by atoms with E-state index in [1.165, 1.54) is 0 Å². The lowest BCUT2D eigenvalue weighted by atomic mass is 9.79. The van der Waals surface area contributed by atoms with E-state index in [-0.39, 0.29) is 11.4 Å². The van der Waals surface area contributed by atoms with Crippen molar-refractivity contribution in [1.82, 2.24) is 9.38 Å². The van der Waals surface area contributed by atoms with Gasteiger partial charge in [-0.25, -0.2) is 9.78 Å². The van der Waals surface area contributed by atoms with Crippen LogP contribution in [0.15, 0.2) is 55.0 Å². The number of nitrogens with zero attached hydrogens (tertiary/aromatic N) is 3. The number of aliphatic hydroxyl groups excluding tert-OH is 1. The van der Waals surface area contributed by atoms with Gasteiger partial charge in [-0.15, -0.1) is 0 Å². The Labute approximate surface area is 182 Å². The molecule has 0 saturated carbocycles. The van der Waals surface area contributed by atoms with Crippen molar-refractivity contribution in [3.8, 4) is 0 Å². The fourth-order valence-electron chi connectivity index (χ4n) is 4.03. The highest BCUT2D eigenvalue weighted by atomic mass is 16.6. The molecule has 3 aromatic rings. The number of rotatable bonds is 7. The first-order chi connectivity index (χ1) is 15.0. The first kappa shape index (κ1) is 21.3. The van der Waals surface area contributed by atoms with Gasteiger partial charge in [0.25, 0.3) is 0 Å². The highest BCUT2D eigenvalue weighted by Crippen LogP contribution is 2.38. The minimum atomic E-state index is -0.841. The monoisotopic (exact) mass is 423 g/mol. The maximum absolute atomic E-state index is 12.3. The second-order valence-corrected chi connectivity index (χ2v) is 8.28.